The van der Waals surface area contributed by atoms with Crippen molar-refractivity contribution >= 4 is 11.8 Å². The molecule has 2 aromatic carbocycles. The molecule has 1 atom stereocenters. The number of piperidine rings is 1. The Balaban J connectivity index is 1.68. The van der Waals surface area contributed by atoms with E-state index in [2.05, 4.69) is 5.32 Å². The maximum Gasteiger partial charge on any atom is 0.235 e. The first kappa shape index (κ1) is 15.8. The van der Waals surface area contributed by atoms with Crippen LogP contribution in [-0.4, -0.2) is 23.3 Å². The van der Waals surface area contributed by atoms with E-state index in [1.807, 2.05) is 36.4 Å². The third-order valence-electron chi connectivity index (χ3n) is 5.32. The van der Waals surface area contributed by atoms with Crippen LogP contribution in [0.3, 0.4) is 0 Å². The first-order valence-corrected chi connectivity index (χ1v) is 8.48. The lowest BCUT2D eigenvalue weighted by molar-refractivity contribution is -0.140. The normalized spacial score (nSPS) is 22.4. The molecule has 128 valence electrons. The number of nitrogens with zero attached hydrogens (tertiary/aromatic N) is 1. The van der Waals surface area contributed by atoms with Gasteiger partial charge in [-0.1, -0.05) is 42.5 Å². The fourth-order valence-electron chi connectivity index (χ4n) is 3.89. The Morgan fingerprint density at radius 2 is 1.88 bits per heavy atom. The molecular weight excluding hydrogens is 319 g/mol. The van der Waals surface area contributed by atoms with Gasteiger partial charge < -0.3 is 10.2 Å². The molecule has 0 unspecified atom stereocenters. The second-order valence-electron chi connectivity index (χ2n) is 6.76. The molecule has 0 aromatic heterocycles. The quantitative estimate of drug-likeness (QED) is 0.915. The Bertz CT molecular complexity index is 825. The number of benzene rings is 2. The molecule has 2 aromatic rings. The minimum atomic E-state index is -0.784. The predicted molar refractivity (Wildman–Crippen MR) is 91.0 cm³/mol. The van der Waals surface area contributed by atoms with Gasteiger partial charge >= 0.3 is 0 Å². The molecule has 2 aliphatic rings. The molecule has 2 aliphatic heterocycles. The molecule has 5 heteroatoms. The lowest BCUT2D eigenvalue weighted by Gasteiger charge is -2.39. The summed E-state index contributed by atoms with van der Waals surface area (Å²) in [6, 6.07) is 14.5. The number of fused-ring (bicyclic) bond motifs is 1. The van der Waals surface area contributed by atoms with Crippen LogP contribution in [0, 0.1) is 5.82 Å². The zero-order valence-electron chi connectivity index (χ0n) is 13.8. The molecule has 2 amide bonds. The lowest BCUT2D eigenvalue weighted by atomic mass is 9.73. The smallest absolute Gasteiger partial charge is 0.235 e. The number of carbonyl (C=O) groups excluding carboxylic acids is 2. The van der Waals surface area contributed by atoms with E-state index in [0.717, 1.165) is 11.1 Å². The van der Waals surface area contributed by atoms with Crippen LogP contribution in [-0.2, 0) is 28.1 Å². The van der Waals surface area contributed by atoms with Crippen molar-refractivity contribution in [1.82, 2.24) is 10.2 Å². The summed E-state index contributed by atoms with van der Waals surface area (Å²) in [6.45, 7) is 0.974. The van der Waals surface area contributed by atoms with E-state index in [1.54, 1.807) is 11.0 Å². The molecule has 0 bridgehead atoms. The van der Waals surface area contributed by atoms with Gasteiger partial charge in [0.1, 0.15) is 5.82 Å². The van der Waals surface area contributed by atoms with Crippen molar-refractivity contribution in [3.05, 3.63) is 71.0 Å². The fourth-order valence-corrected chi connectivity index (χ4v) is 3.89. The van der Waals surface area contributed by atoms with Crippen molar-refractivity contribution in [3.63, 3.8) is 0 Å². The molecule has 0 saturated carbocycles. The van der Waals surface area contributed by atoms with Crippen LogP contribution >= 0.6 is 0 Å². The van der Waals surface area contributed by atoms with Crippen LogP contribution in [0.2, 0.25) is 0 Å². The zero-order chi connectivity index (χ0) is 17.4. The number of carbonyl (C=O) groups is 2. The second kappa shape index (κ2) is 5.99. The summed E-state index contributed by atoms with van der Waals surface area (Å²) in [5, 5.41) is 2.85. The summed E-state index contributed by atoms with van der Waals surface area (Å²) in [5.41, 5.74) is 1.57. The highest BCUT2D eigenvalue weighted by atomic mass is 19.1. The first-order valence-electron chi connectivity index (χ1n) is 8.48. The number of hydrogen-bond acceptors (Lipinski definition) is 2. The summed E-state index contributed by atoms with van der Waals surface area (Å²) in [5.74, 6) is -0.345. The Morgan fingerprint density at radius 3 is 2.56 bits per heavy atom. The van der Waals surface area contributed by atoms with Gasteiger partial charge in [-0.05, 0) is 23.6 Å². The highest BCUT2D eigenvalue weighted by Crippen LogP contribution is 2.36. The maximum atomic E-state index is 14.0. The van der Waals surface area contributed by atoms with Gasteiger partial charge in [-0.15, -0.1) is 0 Å². The van der Waals surface area contributed by atoms with Gasteiger partial charge in [0.05, 0.1) is 5.41 Å². The van der Waals surface area contributed by atoms with Gasteiger partial charge in [0, 0.05) is 31.6 Å². The third kappa shape index (κ3) is 2.60. The van der Waals surface area contributed by atoms with Crippen molar-refractivity contribution in [2.45, 2.75) is 31.3 Å². The number of hydrogen-bond donors (Lipinski definition) is 1. The summed E-state index contributed by atoms with van der Waals surface area (Å²) in [6.07, 6.45) is 0.785. The van der Waals surface area contributed by atoms with Gasteiger partial charge in [-0.2, -0.15) is 0 Å². The Morgan fingerprint density at radius 1 is 1.08 bits per heavy atom. The van der Waals surface area contributed by atoms with E-state index in [0.29, 0.717) is 24.9 Å². The van der Waals surface area contributed by atoms with Gasteiger partial charge in [0.2, 0.25) is 11.8 Å². The largest absolute Gasteiger partial charge is 0.355 e. The lowest BCUT2D eigenvalue weighted by Crippen LogP contribution is -2.55. The topological polar surface area (TPSA) is 49.4 Å². The number of nitrogens with one attached hydrogen (secondary N) is 1. The standard InChI is InChI=1S/C20H19FN2O2/c21-17-8-4-5-14-11-23(12-16(14)17)19(25)20(10-9-18(24)22-13-20)15-6-2-1-3-7-15/h1-8H,9-13H2,(H,22,24)/t20-/m1/s1. The summed E-state index contributed by atoms with van der Waals surface area (Å²) in [7, 11) is 0. The molecule has 1 fully saturated rings. The molecule has 0 radical (unpaired) electrons. The average molecular weight is 338 g/mol. The van der Waals surface area contributed by atoms with E-state index in [9.17, 15) is 14.0 Å². The highest BCUT2D eigenvalue weighted by molar-refractivity contribution is 5.92. The summed E-state index contributed by atoms with van der Waals surface area (Å²) >= 11 is 0. The molecule has 1 N–H and O–H groups in total. The average Bonchev–Trinajstić information content (AvgIpc) is 3.08. The fraction of sp³-hybridized carbons (Fsp3) is 0.300. The Labute approximate surface area is 145 Å². The SMILES string of the molecule is O=C1CC[C@](C(=O)N2Cc3cccc(F)c3C2)(c2ccccc2)CN1. The van der Waals surface area contributed by atoms with E-state index in [4.69, 9.17) is 0 Å². The van der Waals surface area contributed by atoms with Crippen LogP contribution in [0.4, 0.5) is 4.39 Å². The van der Waals surface area contributed by atoms with Gasteiger partial charge in [-0.3, -0.25) is 9.59 Å². The van der Waals surface area contributed by atoms with Crippen LogP contribution in [0.1, 0.15) is 29.5 Å². The van der Waals surface area contributed by atoms with E-state index < -0.39 is 5.41 Å². The highest BCUT2D eigenvalue weighted by Gasteiger charge is 2.46. The molecular formula is C20H19FN2O2. The second-order valence-corrected chi connectivity index (χ2v) is 6.76. The van der Waals surface area contributed by atoms with Gasteiger partial charge in [0.25, 0.3) is 0 Å². The Kier molecular flexibility index (Phi) is 3.79. The number of halogens is 1. The minimum absolute atomic E-state index is 0.0323. The molecule has 0 aliphatic carbocycles. The van der Waals surface area contributed by atoms with E-state index >= 15 is 0 Å². The summed E-state index contributed by atoms with van der Waals surface area (Å²) < 4.78 is 14.0. The van der Waals surface area contributed by atoms with Crippen molar-refractivity contribution < 1.29 is 14.0 Å². The number of amides is 2. The molecule has 4 rings (SSSR count). The maximum absolute atomic E-state index is 14.0. The van der Waals surface area contributed by atoms with Crippen LogP contribution in [0.15, 0.2) is 48.5 Å². The molecule has 0 spiro atoms. The Hall–Kier alpha value is -2.69. The molecule has 4 nitrogen and oxygen atoms in total. The molecule has 1 saturated heterocycles. The van der Waals surface area contributed by atoms with E-state index in [-0.39, 0.29) is 30.7 Å². The van der Waals surface area contributed by atoms with E-state index in [1.165, 1.54) is 6.07 Å². The minimum Gasteiger partial charge on any atom is -0.355 e. The van der Waals surface area contributed by atoms with Crippen LogP contribution < -0.4 is 5.32 Å². The monoisotopic (exact) mass is 338 g/mol. The first-order chi connectivity index (χ1) is 12.1. The third-order valence-corrected chi connectivity index (χ3v) is 5.32. The van der Waals surface area contributed by atoms with Crippen LogP contribution in [0.5, 0.6) is 0 Å². The van der Waals surface area contributed by atoms with Crippen molar-refractivity contribution in [2.75, 3.05) is 6.54 Å². The number of rotatable bonds is 2. The van der Waals surface area contributed by atoms with Gasteiger partial charge in [-0.25, -0.2) is 4.39 Å². The van der Waals surface area contributed by atoms with Crippen molar-refractivity contribution in [3.8, 4) is 0 Å². The van der Waals surface area contributed by atoms with Crippen molar-refractivity contribution in [1.29, 1.82) is 0 Å². The summed E-state index contributed by atoms with van der Waals surface area (Å²) in [4.78, 5) is 26.8. The van der Waals surface area contributed by atoms with Crippen molar-refractivity contribution in [2.24, 2.45) is 0 Å². The van der Waals surface area contributed by atoms with Gasteiger partial charge in [0.15, 0.2) is 0 Å². The predicted octanol–water partition coefficient (Wildman–Crippen LogP) is 2.52. The molecule has 2 heterocycles. The van der Waals surface area contributed by atoms with Crippen LogP contribution in [0.25, 0.3) is 0 Å². The molecule has 25 heavy (non-hydrogen) atoms. The zero-order valence-corrected chi connectivity index (χ0v) is 13.8.